The lowest BCUT2D eigenvalue weighted by Crippen LogP contribution is -2.50. The van der Waals surface area contributed by atoms with Gasteiger partial charge >= 0.3 is 0 Å². The molecule has 0 radical (unpaired) electrons. The Morgan fingerprint density at radius 3 is 2.76 bits per heavy atom. The highest BCUT2D eigenvalue weighted by molar-refractivity contribution is 6.44. The molecule has 1 unspecified atom stereocenters. The van der Waals surface area contributed by atoms with E-state index in [-0.39, 0.29) is 6.61 Å². The molecule has 1 heterocycles. The molecule has 2 aromatic rings. The lowest BCUT2D eigenvalue weighted by atomic mass is 9.76. The van der Waals surface area contributed by atoms with Crippen molar-refractivity contribution in [3.8, 4) is 5.75 Å². The van der Waals surface area contributed by atoms with Gasteiger partial charge in [0.15, 0.2) is 0 Å². The minimum Gasteiger partial charge on any atom is -0.489 e. The molecule has 1 aromatic heterocycles. The minimum atomic E-state index is -0.999. The van der Waals surface area contributed by atoms with E-state index >= 15 is 0 Å². The highest BCUT2D eigenvalue weighted by Crippen LogP contribution is 2.35. The third-order valence-electron chi connectivity index (χ3n) is 3.97. The van der Waals surface area contributed by atoms with Gasteiger partial charge < -0.3 is 14.9 Å². The van der Waals surface area contributed by atoms with Crippen molar-refractivity contribution in [1.82, 2.24) is 4.98 Å². The number of aromatic nitrogens is 1. The first kappa shape index (κ1) is 14.9. The van der Waals surface area contributed by atoms with E-state index in [2.05, 4.69) is 4.98 Å². The first-order valence-corrected chi connectivity index (χ1v) is 7.52. The number of benzene rings is 1. The number of pyridine rings is 1. The minimum absolute atomic E-state index is 0.0327. The molecule has 112 valence electrons. The number of nitrogens with zero attached hydrogens (tertiary/aromatic N) is 1. The zero-order valence-electron chi connectivity index (χ0n) is 11.2. The summed E-state index contributed by atoms with van der Waals surface area (Å²) in [4.78, 5) is 4.23. The molecule has 0 aliphatic heterocycles. The van der Waals surface area contributed by atoms with Gasteiger partial charge in [-0.05, 0) is 31.4 Å². The molecular weight excluding hydrogens is 313 g/mol. The van der Waals surface area contributed by atoms with Gasteiger partial charge in [-0.3, -0.25) is 4.98 Å². The topological polar surface area (TPSA) is 62.6 Å². The number of aliphatic hydroxyl groups excluding tert-OH is 1. The van der Waals surface area contributed by atoms with Crippen molar-refractivity contribution in [2.45, 2.75) is 31.0 Å². The summed E-state index contributed by atoms with van der Waals surface area (Å²) in [7, 11) is 0. The second kappa shape index (κ2) is 5.61. The summed E-state index contributed by atoms with van der Waals surface area (Å²) >= 11 is 12.0. The highest BCUT2D eigenvalue weighted by atomic mass is 35.5. The second-order valence-corrected chi connectivity index (χ2v) is 6.17. The molecular formula is C15H15Cl2NO3. The van der Waals surface area contributed by atoms with Crippen LogP contribution in [0.15, 0.2) is 24.4 Å². The quantitative estimate of drug-likeness (QED) is 0.905. The zero-order valence-corrected chi connectivity index (χ0v) is 12.7. The number of hydrogen-bond donors (Lipinski definition) is 2. The van der Waals surface area contributed by atoms with Gasteiger partial charge in [-0.2, -0.15) is 0 Å². The van der Waals surface area contributed by atoms with Crippen LogP contribution in [-0.2, 0) is 0 Å². The van der Waals surface area contributed by atoms with Gasteiger partial charge in [-0.15, -0.1) is 0 Å². The molecule has 1 aliphatic rings. The maximum Gasteiger partial charge on any atom is 0.138 e. The highest BCUT2D eigenvalue weighted by Gasteiger charge is 2.41. The summed E-state index contributed by atoms with van der Waals surface area (Å²) in [5, 5.41) is 21.6. The summed E-state index contributed by atoms with van der Waals surface area (Å²) in [6.45, 7) is 0.0327. The number of ether oxygens (including phenoxy) is 1. The fourth-order valence-corrected chi connectivity index (χ4v) is 2.78. The Morgan fingerprint density at radius 1 is 1.33 bits per heavy atom. The molecule has 21 heavy (non-hydrogen) atoms. The van der Waals surface area contributed by atoms with E-state index in [0.29, 0.717) is 34.2 Å². The van der Waals surface area contributed by atoms with E-state index in [1.165, 1.54) is 6.20 Å². The van der Waals surface area contributed by atoms with Crippen LogP contribution in [0.5, 0.6) is 5.75 Å². The van der Waals surface area contributed by atoms with Crippen LogP contribution in [-0.4, -0.2) is 33.5 Å². The Bertz CT molecular complexity index is 673. The van der Waals surface area contributed by atoms with Crippen molar-refractivity contribution in [2.75, 3.05) is 6.61 Å². The van der Waals surface area contributed by atoms with Crippen molar-refractivity contribution in [3.05, 3.63) is 34.4 Å². The monoisotopic (exact) mass is 327 g/mol. The maximum atomic E-state index is 10.0. The fourth-order valence-electron chi connectivity index (χ4n) is 2.40. The summed E-state index contributed by atoms with van der Waals surface area (Å²) in [6, 6.07) is 5.28. The van der Waals surface area contributed by atoms with Gasteiger partial charge in [0.05, 0.1) is 27.4 Å². The van der Waals surface area contributed by atoms with Crippen molar-refractivity contribution in [3.63, 3.8) is 0 Å². The van der Waals surface area contributed by atoms with Gasteiger partial charge in [-0.1, -0.05) is 29.3 Å². The summed E-state index contributed by atoms with van der Waals surface area (Å²) in [6.07, 6.45) is 2.80. The van der Waals surface area contributed by atoms with E-state index in [4.69, 9.17) is 27.9 Å². The predicted molar refractivity (Wildman–Crippen MR) is 82.1 cm³/mol. The average molecular weight is 328 g/mol. The largest absolute Gasteiger partial charge is 0.489 e. The third kappa shape index (κ3) is 2.81. The molecule has 0 spiro atoms. The molecule has 3 rings (SSSR count). The fraction of sp³-hybridized carbons (Fsp3) is 0.400. The predicted octanol–water partition coefficient (Wildman–Crippen LogP) is 3.20. The van der Waals surface area contributed by atoms with Gasteiger partial charge in [-0.25, -0.2) is 0 Å². The Balaban J connectivity index is 1.74. The number of fused-ring (bicyclic) bond motifs is 1. The van der Waals surface area contributed by atoms with Gasteiger partial charge in [0.1, 0.15) is 18.5 Å². The third-order valence-corrected chi connectivity index (χ3v) is 4.76. The van der Waals surface area contributed by atoms with E-state index in [1.807, 2.05) is 0 Å². The smallest absolute Gasteiger partial charge is 0.138 e. The van der Waals surface area contributed by atoms with Crippen LogP contribution in [0.2, 0.25) is 10.0 Å². The molecule has 1 saturated carbocycles. The number of hydrogen-bond acceptors (Lipinski definition) is 4. The summed E-state index contributed by atoms with van der Waals surface area (Å²) in [5.41, 5.74) is -0.393. The molecule has 0 bridgehead atoms. The molecule has 0 amide bonds. The van der Waals surface area contributed by atoms with Crippen molar-refractivity contribution < 1.29 is 14.9 Å². The van der Waals surface area contributed by atoms with Crippen LogP contribution >= 0.6 is 23.2 Å². The van der Waals surface area contributed by atoms with Crippen molar-refractivity contribution in [1.29, 1.82) is 0 Å². The first-order valence-electron chi connectivity index (χ1n) is 6.77. The maximum absolute atomic E-state index is 10.0. The Labute approximate surface area is 132 Å². The molecule has 6 heteroatoms. The van der Waals surface area contributed by atoms with Crippen LogP contribution in [0.3, 0.4) is 0 Å². The zero-order chi connectivity index (χ0) is 15.0. The summed E-state index contributed by atoms with van der Waals surface area (Å²) < 4.78 is 5.52. The summed E-state index contributed by atoms with van der Waals surface area (Å²) in [5.74, 6) is 0.517. The van der Waals surface area contributed by atoms with Crippen LogP contribution < -0.4 is 4.74 Å². The average Bonchev–Trinajstić information content (AvgIpc) is 2.46. The van der Waals surface area contributed by atoms with E-state index in [1.54, 1.807) is 18.2 Å². The number of rotatable bonds is 4. The Hall–Kier alpha value is -1.07. The molecule has 1 fully saturated rings. The van der Waals surface area contributed by atoms with E-state index in [9.17, 15) is 10.2 Å². The Kier molecular flexibility index (Phi) is 3.97. The number of aliphatic hydroxyl groups is 2. The SMILES string of the molecule is OC(COc1cnc2c(Cl)c(Cl)ccc2c1)C1(O)CCC1. The lowest BCUT2D eigenvalue weighted by molar-refractivity contribution is -0.136. The van der Waals surface area contributed by atoms with E-state index in [0.717, 1.165) is 11.8 Å². The van der Waals surface area contributed by atoms with Crippen molar-refractivity contribution >= 4 is 34.1 Å². The lowest BCUT2D eigenvalue weighted by Gasteiger charge is -2.40. The van der Waals surface area contributed by atoms with Crippen LogP contribution in [0.4, 0.5) is 0 Å². The second-order valence-electron chi connectivity index (χ2n) is 5.39. The Morgan fingerprint density at radius 2 is 2.10 bits per heavy atom. The van der Waals surface area contributed by atoms with E-state index < -0.39 is 11.7 Å². The standard InChI is InChI=1S/C15H15Cl2NO3/c16-11-3-2-9-6-10(7-18-14(9)13(11)17)21-8-12(19)15(20)4-1-5-15/h2-3,6-7,12,19-20H,1,4-5,8H2. The number of halogens is 2. The molecule has 4 nitrogen and oxygen atoms in total. The molecule has 1 atom stereocenters. The van der Waals surface area contributed by atoms with Crippen LogP contribution in [0.25, 0.3) is 10.9 Å². The normalized spacial score (nSPS) is 18.3. The molecule has 1 aromatic carbocycles. The molecule has 1 aliphatic carbocycles. The van der Waals surface area contributed by atoms with Crippen LogP contribution in [0, 0.1) is 0 Å². The van der Waals surface area contributed by atoms with Crippen LogP contribution in [0.1, 0.15) is 19.3 Å². The first-order chi connectivity index (χ1) is 9.99. The van der Waals surface area contributed by atoms with Gasteiger partial charge in [0.25, 0.3) is 0 Å². The van der Waals surface area contributed by atoms with Gasteiger partial charge in [0, 0.05) is 5.39 Å². The molecule has 0 saturated heterocycles. The molecule has 2 N–H and O–H groups in total. The van der Waals surface area contributed by atoms with Crippen molar-refractivity contribution in [2.24, 2.45) is 0 Å². The van der Waals surface area contributed by atoms with Gasteiger partial charge in [0.2, 0.25) is 0 Å².